The van der Waals surface area contributed by atoms with Gasteiger partial charge < -0.3 is 15.5 Å². The quantitative estimate of drug-likeness (QED) is 0.883. The number of amides is 1. The summed E-state index contributed by atoms with van der Waals surface area (Å²) in [6, 6.07) is 11.5. The van der Waals surface area contributed by atoms with Crippen molar-refractivity contribution >= 4 is 28.9 Å². The molecule has 2 aromatic rings. The van der Waals surface area contributed by atoms with Crippen LogP contribution in [0, 0.1) is 0 Å². The van der Waals surface area contributed by atoms with Crippen LogP contribution in [0.15, 0.2) is 36.4 Å². The van der Waals surface area contributed by atoms with Crippen LogP contribution in [0.4, 0.5) is 23.0 Å². The fourth-order valence-corrected chi connectivity index (χ4v) is 1.69. The summed E-state index contributed by atoms with van der Waals surface area (Å²) in [7, 11) is 3.99. The molecule has 0 aliphatic carbocycles. The van der Waals surface area contributed by atoms with E-state index in [-0.39, 0.29) is 5.91 Å². The normalized spacial score (nSPS) is 10.0. The molecule has 2 N–H and O–H groups in total. The maximum absolute atomic E-state index is 11.2. The van der Waals surface area contributed by atoms with Crippen molar-refractivity contribution in [3.63, 3.8) is 0 Å². The molecule has 0 saturated carbocycles. The van der Waals surface area contributed by atoms with E-state index >= 15 is 0 Å². The third kappa shape index (κ3) is 4.17. The molecule has 1 heterocycles. The lowest BCUT2D eigenvalue weighted by Crippen LogP contribution is -2.11. The largest absolute Gasteiger partial charge is 0.378 e. The molecular weight excluding hydrogens is 266 g/mol. The summed E-state index contributed by atoms with van der Waals surface area (Å²) >= 11 is 0. The minimum absolute atomic E-state index is 0.0794. The molecule has 0 saturated heterocycles. The van der Waals surface area contributed by atoms with Crippen LogP contribution in [0.5, 0.6) is 0 Å². The van der Waals surface area contributed by atoms with Gasteiger partial charge in [-0.15, -0.1) is 10.2 Å². The second kappa shape index (κ2) is 6.69. The van der Waals surface area contributed by atoms with Gasteiger partial charge in [-0.05, 0) is 36.4 Å². The number of rotatable bonds is 5. The molecular formula is C15H19N5O. The second-order valence-electron chi connectivity index (χ2n) is 4.77. The first-order valence-electron chi connectivity index (χ1n) is 6.76. The summed E-state index contributed by atoms with van der Waals surface area (Å²) in [6.45, 7) is 1.79. The predicted molar refractivity (Wildman–Crippen MR) is 85.0 cm³/mol. The Morgan fingerprint density at radius 1 is 1.05 bits per heavy atom. The molecule has 21 heavy (non-hydrogen) atoms. The average molecular weight is 285 g/mol. The molecule has 0 unspecified atom stereocenters. The fourth-order valence-electron chi connectivity index (χ4n) is 1.69. The number of aromatic nitrogens is 2. The molecule has 6 heteroatoms. The molecule has 0 bridgehead atoms. The van der Waals surface area contributed by atoms with Crippen molar-refractivity contribution in [3.05, 3.63) is 36.4 Å². The van der Waals surface area contributed by atoms with Crippen LogP contribution in [-0.2, 0) is 4.79 Å². The molecule has 0 aliphatic heterocycles. The van der Waals surface area contributed by atoms with Gasteiger partial charge in [0.2, 0.25) is 5.91 Å². The minimum Gasteiger partial charge on any atom is -0.378 e. The van der Waals surface area contributed by atoms with Crippen LogP contribution in [0.3, 0.4) is 0 Å². The molecule has 6 nitrogen and oxygen atoms in total. The third-order valence-electron chi connectivity index (χ3n) is 2.91. The highest BCUT2D eigenvalue weighted by Gasteiger charge is 2.02. The van der Waals surface area contributed by atoms with Crippen molar-refractivity contribution in [2.24, 2.45) is 0 Å². The number of nitrogens with zero attached hydrogens (tertiary/aromatic N) is 3. The van der Waals surface area contributed by atoms with Gasteiger partial charge in [0.25, 0.3) is 0 Å². The highest BCUT2D eigenvalue weighted by atomic mass is 16.1. The molecule has 0 atom stereocenters. The first-order valence-corrected chi connectivity index (χ1v) is 6.76. The van der Waals surface area contributed by atoms with Crippen LogP contribution in [0.1, 0.15) is 13.3 Å². The van der Waals surface area contributed by atoms with E-state index in [4.69, 9.17) is 0 Å². The van der Waals surface area contributed by atoms with Crippen molar-refractivity contribution in [2.75, 3.05) is 29.6 Å². The topological polar surface area (TPSA) is 70.2 Å². The van der Waals surface area contributed by atoms with Crippen LogP contribution < -0.4 is 15.5 Å². The Bertz CT molecular complexity index is 592. The summed E-state index contributed by atoms with van der Waals surface area (Å²) in [4.78, 5) is 13.3. The predicted octanol–water partition coefficient (Wildman–Crippen LogP) is 2.63. The molecule has 0 spiro atoms. The Kier molecular flexibility index (Phi) is 4.71. The van der Waals surface area contributed by atoms with Crippen molar-refractivity contribution in [3.8, 4) is 0 Å². The average Bonchev–Trinajstić information content (AvgIpc) is 2.49. The molecule has 1 aromatic heterocycles. The Morgan fingerprint density at radius 2 is 1.67 bits per heavy atom. The smallest absolute Gasteiger partial charge is 0.225 e. The SMILES string of the molecule is CCC(=O)Nc1ccc(Nc2ccc(N(C)C)cc2)nn1. The van der Waals surface area contributed by atoms with Gasteiger partial charge in [-0.1, -0.05) is 6.92 Å². The fraction of sp³-hybridized carbons (Fsp3) is 0.267. The summed E-state index contributed by atoms with van der Waals surface area (Å²) in [6.07, 6.45) is 0.417. The number of anilines is 4. The lowest BCUT2D eigenvalue weighted by molar-refractivity contribution is -0.115. The van der Waals surface area contributed by atoms with E-state index in [9.17, 15) is 4.79 Å². The first kappa shape index (κ1) is 14.8. The van der Waals surface area contributed by atoms with Crippen LogP contribution >= 0.6 is 0 Å². The Labute approximate surface area is 124 Å². The number of benzene rings is 1. The molecule has 1 aromatic carbocycles. The van der Waals surface area contributed by atoms with Gasteiger partial charge >= 0.3 is 0 Å². The Balaban J connectivity index is 2.01. The minimum atomic E-state index is -0.0794. The van der Waals surface area contributed by atoms with E-state index in [0.717, 1.165) is 11.4 Å². The Morgan fingerprint density at radius 3 is 2.19 bits per heavy atom. The van der Waals surface area contributed by atoms with Crippen molar-refractivity contribution < 1.29 is 4.79 Å². The molecule has 0 fully saturated rings. The maximum Gasteiger partial charge on any atom is 0.225 e. The highest BCUT2D eigenvalue weighted by Crippen LogP contribution is 2.19. The van der Waals surface area contributed by atoms with Crippen molar-refractivity contribution in [1.82, 2.24) is 10.2 Å². The van der Waals surface area contributed by atoms with Gasteiger partial charge in [0, 0.05) is 31.9 Å². The molecule has 0 aliphatic rings. The van der Waals surface area contributed by atoms with E-state index in [0.29, 0.717) is 18.1 Å². The van der Waals surface area contributed by atoms with E-state index < -0.39 is 0 Å². The van der Waals surface area contributed by atoms with Gasteiger partial charge in [-0.2, -0.15) is 0 Å². The van der Waals surface area contributed by atoms with Crippen LogP contribution in [0.2, 0.25) is 0 Å². The summed E-state index contributed by atoms with van der Waals surface area (Å²) in [5.41, 5.74) is 2.06. The van der Waals surface area contributed by atoms with Crippen molar-refractivity contribution in [2.45, 2.75) is 13.3 Å². The lowest BCUT2D eigenvalue weighted by Gasteiger charge is -2.13. The zero-order valence-electron chi connectivity index (χ0n) is 12.4. The lowest BCUT2D eigenvalue weighted by atomic mass is 10.2. The van der Waals surface area contributed by atoms with Crippen LogP contribution in [0.25, 0.3) is 0 Å². The standard InChI is InChI=1S/C15H19N5O/c1-4-15(21)17-14-10-9-13(18-19-14)16-11-5-7-12(8-6-11)20(2)3/h5-10H,4H2,1-3H3,(H,16,18)(H,17,19,21). The second-order valence-corrected chi connectivity index (χ2v) is 4.77. The maximum atomic E-state index is 11.2. The summed E-state index contributed by atoms with van der Waals surface area (Å²) in [5.74, 6) is 1.00. The van der Waals surface area contributed by atoms with Gasteiger partial charge in [0.05, 0.1) is 0 Å². The van der Waals surface area contributed by atoms with E-state index in [2.05, 4.69) is 20.8 Å². The van der Waals surface area contributed by atoms with Gasteiger partial charge in [-0.25, -0.2) is 0 Å². The molecule has 2 rings (SSSR count). The molecule has 110 valence electrons. The monoisotopic (exact) mass is 285 g/mol. The number of nitrogens with one attached hydrogen (secondary N) is 2. The van der Waals surface area contributed by atoms with Gasteiger partial charge in [0.1, 0.15) is 0 Å². The molecule has 1 amide bonds. The van der Waals surface area contributed by atoms with E-state index in [1.807, 2.05) is 43.3 Å². The number of hydrogen-bond donors (Lipinski definition) is 2. The van der Waals surface area contributed by atoms with Gasteiger partial charge in [0.15, 0.2) is 11.6 Å². The van der Waals surface area contributed by atoms with Crippen LogP contribution in [-0.4, -0.2) is 30.2 Å². The summed E-state index contributed by atoms with van der Waals surface area (Å²) < 4.78 is 0. The van der Waals surface area contributed by atoms with Gasteiger partial charge in [-0.3, -0.25) is 4.79 Å². The Hall–Kier alpha value is -2.63. The number of hydrogen-bond acceptors (Lipinski definition) is 5. The molecule has 0 radical (unpaired) electrons. The van der Waals surface area contributed by atoms with E-state index in [1.165, 1.54) is 0 Å². The number of carbonyl (C=O) groups excluding carboxylic acids is 1. The van der Waals surface area contributed by atoms with Crippen molar-refractivity contribution in [1.29, 1.82) is 0 Å². The third-order valence-corrected chi connectivity index (χ3v) is 2.91. The summed E-state index contributed by atoms with van der Waals surface area (Å²) in [5, 5.41) is 13.8. The zero-order chi connectivity index (χ0) is 15.2. The zero-order valence-corrected chi connectivity index (χ0v) is 12.4. The highest BCUT2D eigenvalue weighted by molar-refractivity contribution is 5.89. The van der Waals surface area contributed by atoms with E-state index in [1.54, 1.807) is 19.1 Å². The number of carbonyl (C=O) groups is 1. The first-order chi connectivity index (χ1) is 10.1.